The van der Waals surface area contributed by atoms with Crippen molar-refractivity contribution < 1.29 is 0 Å². The predicted molar refractivity (Wildman–Crippen MR) is 70.3 cm³/mol. The van der Waals surface area contributed by atoms with Gasteiger partial charge in [0, 0.05) is 13.1 Å². The Hall–Kier alpha value is -1.59. The van der Waals surface area contributed by atoms with Crippen molar-refractivity contribution in [1.82, 2.24) is 4.90 Å². The minimum atomic E-state index is 0.230. The molecule has 1 heterocycles. The minimum Gasteiger partial charge on any atom is -0.298 e. The summed E-state index contributed by atoms with van der Waals surface area (Å²) >= 11 is 0. The third-order valence-corrected chi connectivity index (χ3v) is 3.16. The number of nitriles is 1. The molecule has 1 aromatic carbocycles. The van der Waals surface area contributed by atoms with Gasteiger partial charge in [0.15, 0.2) is 0 Å². The highest BCUT2D eigenvalue weighted by atomic mass is 15.1. The fourth-order valence-corrected chi connectivity index (χ4v) is 2.23. The van der Waals surface area contributed by atoms with Crippen LogP contribution in [0.25, 0.3) is 6.08 Å². The van der Waals surface area contributed by atoms with Crippen molar-refractivity contribution >= 4 is 6.08 Å². The lowest BCUT2D eigenvalue weighted by molar-refractivity contribution is 0.219. The SMILES string of the molecule is N#CC1CCCN(CC=Cc2ccccc2)C1. The van der Waals surface area contributed by atoms with Gasteiger partial charge in [-0.3, -0.25) is 4.90 Å². The second kappa shape index (κ2) is 6.22. The van der Waals surface area contributed by atoms with Gasteiger partial charge in [0.1, 0.15) is 0 Å². The molecule has 1 aliphatic heterocycles. The molecule has 0 aliphatic carbocycles. The number of hydrogen-bond donors (Lipinski definition) is 0. The largest absolute Gasteiger partial charge is 0.298 e. The Morgan fingerprint density at radius 1 is 1.35 bits per heavy atom. The zero-order valence-corrected chi connectivity index (χ0v) is 10.0. The molecule has 0 N–H and O–H groups in total. The molecule has 0 saturated carbocycles. The molecule has 0 radical (unpaired) electrons. The van der Waals surface area contributed by atoms with Crippen molar-refractivity contribution in [2.45, 2.75) is 12.8 Å². The molecule has 1 saturated heterocycles. The van der Waals surface area contributed by atoms with E-state index in [0.717, 1.165) is 32.5 Å². The van der Waals surface area contributed by atoms with E-state index in [9.17, 15) is 0 Å². The van der Waals surface area contributed by atoms with E-state index in [1.165, 1.54) is 5.56 Å². The first-order valence-corrected chi connectivity index (χ1v) is 6.22. The summed E-state index contributed by atoms with van der Waals surface area (Å²) in [6.45, 7) is 3.00. The van der Waals surface area contributed by atoms with Gasteiger partial charge in [-0.25, -0.2) is 0 Å². The topological polar surface area (TPSA) is 27.0 Å². The molecular formula is C15H18N2. The highest BCUT2D eigenvalue weighted by molar-refractivity contribution is 5.48. The summed E-state index contributed by atoms with van der Waals surface area (Å²) in [5.74, 6) is 0.230. The lowest BCUT2D eigenvalue weighted by Gasteiger charge is -2.28. The first-order valence-electron chi connectivity index (χ1n) is 6.22. The summed E-state index contributed by atoms with van der Waals surface area (Å²) in [5, 5.41) is 8.92. The first kappa shape index (κ1) is 11.9. The van der Waals surface area contributed by atoms with E-state index < -0.39 is 0 Å². The average molecular weight is 226 g/mol. The Morgan fingerprint density at radius 3 is 2.94 bits per heavy atom. The maximum atomic E-state index is 8.92. The number of benzene rings is 1. The third kappa shape index (κ3) is 3.72. The van der Waals surface area contributed by atoms with Gasteiger partial charge in [-0.15, -0.1) is 0 Å². The van der Waals surface area contributed by atoms with Crippen LogP contribution in [0.4, 0.5) is 0 Å². The first-order chi connectivity index (χ1) is 8.38. The molecular weight excluding hydrogens is 208 g/mol. The van der Waals surface area contributed by atoms with Crippen LogP contribution in [0, 0.1) is 17.2 Å². The van der Waals surface area contributed by atoms with E-state index in [4.69, 9.17) is 5.26 Å². The Morgan fingerprint density at radius 2 is 2.18 bits per heavy atom. The van der Waals surface area contributed by atoms with Crippen LogP contribution < -0.4 is 0 Å². The molecule has 0 aromatic heterocycles. The van der Waals surface area contributed by atoms with Crippen LogP contribution in [-0.2, 0) is 0 Å². The number of piperidine rings is 1. The molecule has 0 bridgehead atoms. The minimum absolute atomic E-state index is 0.230. The van der Waals surface area contributed by atoms with E-state index >= 15 is 0 Å². The summed E-state index contributed by atoms with van der Waals surface area (Å²) in [6, 6.07) is 12.7. The van der Waals surface area contributed by atoms with Gasteiger partial charge >= 0.3 is 0 Å². The average Bonchev–Trinajstić information content (AvgIpc) is 2.40. The summed E-state index contributed by atoms with van der Waals surface area (Å²) in [6.07, 6.45) is 6.55. The van der Waals surface area contributed by atoms with Gasteiger partial charge in [0.25, 0.3) is 0 Å². The van der Waals surface area contributed by atoms with Crippen LogP contribution in [0.15, 0.2) is 36.4 Å². The summed E-state index contributed by atoms with van der Waals surface area (Å²) in [4.78, 5) is 2.36. The van der Waals surface area contributed by atoms with Crippen LogP contribution in [0.3, 0.4) is 0 Å². The smallest absolute Gasteiger partial charge is 0.0669 e. The molecule has 1 aromatic rings. The van der Waals surface area contributed by atoms with E-state index in [0.29, 0.717) is 0 Å². The van der Waals surface area contributed by atoms with Gasteiger partial charge in [0.05, 0.1) is 12.0 Å². The predicted octanol–water partition coefficient (Wildman–Crippen LogP) is 2.94. The van der Waals surface area contributed by atoms with Crippen LogP contribution in [0.5, 0.6) is 0 Å². The van der Waals surface area contributed by atoms with Crippen molar-refractivity contribution in [3.8, 4) is 6.07 Å². The molecule has 0 spiro atoms. The number of nitrogens with zero attached hydrogens (tertiary/aromatic N) is 2. The van der Waals surface area contributed by atoms with Gasteiger partial charge < -0.3 is 0 Å². The van der Waals surface area contributed by atoms with E-state index in [1.807, 2.05) is 18.2 Å². The lowest BCUT2D eigenvalue weighted by Crippen LogP contribution is -2.34. The van der Waals surface area contributed by atoms with Crippen LogP contribution in [0.2, 0.25) is 0 Å². The highest BCUT2D eigenvalue weighted by Gasteiger charge is 2.17. The maximum absolute atomic E-state index is 8.92. The fourth-order valence-electron chi connectivity index (χ4n) is 2.23. The van der Waals surface area contributed by atoms with Crippen LogP contribution in [-0.4, -0.2) is 24.5 Å². The standard InChI is InChI=1S/C15H18N2/c16-12-15-9-5-11-17(13-15)10-4-8-14-6-2-1-3-7-14/h1-4,6-8,15H,5,9-11,13H2. The van der Waals surface area contributed by atoms with Crippen LogP contribution >= 0.6 is 0 Å². The fraction of sp³-hybridized carbons (Fsp3) is 0.400. The van der Waals surface area contributed by atoms with Crippen LogP contribution in [0.1, 0.15) is 18.4 Å². The lowest BCUT2D eigenvalue weighted by atomic mass is 10.00. The van der Waals surface area contributed by atoms with Crippen molar-refractivity contribution in [1.29, 1.82) is 5.26 Å². The molecule has 2 nitrogen and oxygen atoms in total. The van der Waals surface area contributed by atoms with Gasteiger partial charge in [-0.1, -0.05) is 42.5 Å². The Bertz CT molecular complexity index is 403. The van der Waals surface area contributed by atoms with Gasteiger partial charge in [0.2, 0.25) is 0 Å². The van der Waals surface area contributed by atoms with E-state index in [2.05, 4.69) is 35.3 Å². The molecule has 1 unspecified atom stereocenters. The molecule has 0 amide bonds. The molecule has 1 atom stereocenters. The van der Waals surface area contributed by atoms with Crippen molar-refractivity contribution in [3.05, 3.63) is 42.0 Å². The normalized spacial score (nSPS) is 21.5. The van der Waals surface area contributed by atoms with Crippen molar-refractivity contribution in [3.63, 3.8) is 0 Å². The second-order valence-electron chi connectivity index (χ2n) is 4.54. The molecule has 1 aliphatic rings. The zero-order chi connectivity index (χ0) is 11.9. The van der Waals surface area contributed by atoms with Crippen molar-refractivity contribution in [2.24, 2.45) is 5.92 Å². The Labute approximate surface area is 103 Å². The Kier molecular flexibility index (Phi) is 4.35. The van der Waals surface area contributed by atoms with Crippen molar-refractivity contribution in [2.75, 3.05) is 19.6 Å². The number of rotatable bonds is 3. The van der Waals surface area contributed by atoms with Gasteiger partial charge in [-0.2, -0.15) is 5.26 Å². The quantitative estimate of drug-likeness (QED) is 0.792. The molecule has 1 fully saturated rings. The summed E-state index contributed by atoms with van der Waals surface area (Å²) in [7, 11) is 0. The zero-order valence-electron chi connectivity index (χ0n) is 10.0. The molecule has 2 rings (SSSR count). The van der Waals surface area contributed by atoms with E-state index in [1.54, 1.807) is 0 Å². The number of hydrogen-bond acceptors (Lipinski definition) is 2. The monoisotopic (exact) mass is 226 g/mol. The molecule has 17 heavy (non-hydrogen) atoms. The second-order valence-corrected chi connectivity index (χ2v) is 4.54. The van der Waals surface area contributed by atoms with E-state index in [-0.39, 0.29) is 5.92 Å². The summed E-state index contributed by atoms with van der Waals surface area (Å²) < 4.78 is 0. The maximum Gasteiger partial charge on any atom is 0.0669 e. The molecule has 88 valence electrons. The highest BCUT2D eigenvalue weighted by Crippen LogP contribution is 2.15. The summed E-state index contributed by atoms with van der Waals surface area (Å²) in [5.41, 5.74) is 1.24. The third-order valence-electron chi connectivity index (χ3n) is 3.16. The Balaban J connectivity index is 1.82. The molecule has 2 heteroatoms. The number of likely N-dealkylation sites (tertiary alicyclic amines) is 1. The van der Waals surface area contributed by atoms with Gasteiger partial charge in [-0.05, 0) is 24.9 Å².